The number of fused-ring (bicyclic) bond motifs is 1. The molecule has 3 heterocycles. The molecule has 2 aliphatic heterocycles. The van der Waals surface area contributed by atoms with Gasteiger partial charge in [0.25, 0.3) is 5.91 Å². The summed E-state index contributed by atoms with van der Waals surface area (Å²) in [6, 6.07) is 20.8. The van der Waals surface area contributed by atoms with Gasteiger partial charge in [0.15, 0.2) is 0 Å². The van der Waals surface area contributed by atoms with Crippen molar-refractivity contribution in [3.05, 3.63) is 71.2 Å². The maximum atomic E-state index is 13.1. The average molecular weight is 385 g/mol. The van der Waals surface area contributed by atoms with Gasteiger partial charge in [0, 0.05) is 17.5 Å². The number of aromatic nitrogens is 1. The number of hydrogen-bond acceptors (Lipinski definition) is 4. The van der Waals surface area contributed by atoms with E-state index in [4.69, 9.17) is 4.98 Å². The Morgan fingerprint density at radius 2 is 1.89 bits per heavy atom. The largest absolute Gasteiger partial charge is 0.294 e. The third-order valence-electron chi connectivity index (χ3n) is 5.93. The van der Waals surface area contributed by atoms with Crippen LogP contribution in [-0.2, 0) is 0 Å². The predicted octanol–water partition coefficient (Wildman–Crippen LogP) is 5.20. The highest BCUT2D eigenvalue weighted by atomic mass is 32.1. The van der Waals surface area contributed by atoms with Crippen molar-refractivity contribution in [2.24, 2.45) is 0 Å². The fourth-order valence-electron chi connectivity index (χ4n) is 4.61. The summed E-state index contributed by atoms with van der Waals surface area (Å²) in [4.78, 5) is 22.4. The molecule has 4 aromatic rings. The van der Waals surface area contributed by atoms with Gasteiger partial charge < -0.3 is 0 Å². The standard InChI is InChI=1S/C23H19N3OS/c27-23-16-8-3-6-15-7-4-10-18(21(15)16)26(23)14-25-13-5-11-19(25)22-24-17-9-1-2-12-20(17)28-22/h1-4,6-10,12,19H,5,11,13-14H2. The van der Waals surface area contributed by atoms with Crippen LogP contribution in [0.15, 0.2) is 60.7 Å². The minimum absolute atomic E-state index is 0.113. The summed E-state index contributed by atoms with van der Waals surface area (Å²) in [7, 11) is 0. The minimum atomic E-state index is 0.113. The first kappa shape index (κ1) is 16.2. The Hall–Kier alpha value is -2.76. The van der Waals surface area contributed by atoms with Gasteiger partial charge in [-0.2, -0.15) is 0 Å². The van der Waals surface area contributed by atoms with E-state index in [1.54, 1.807) is 11.3 Å². The van der Waals surface area contributed by atoms with E-state index >= 15 is 0 Å². The number of benzene rings is 3. The van der Waals surface area contributed by atoms with Crippen molar-refractivity contribution in [2.75, 3.05) is 18.1 Å². The second-order valence-electron chi connectivity index (χ2n) is 7.55. The van der Waals surface area contributed by atoms with Crippen LogP contribution in [0.5, 0.6) is 0 Å². The molecule has 0 bridgehead atoms. The van der Waals surface area contributed by atoms with Crippen molar-refractivity contribution in [2.45, 2.75) is 18.9 Å². The molecular formula is C23H19N3OS. The number of thiazole rings is 1. The third kappa shape index (κ3) is 2.33. The molecule has 0 aliphatic carbocycles. The van der Waals surface area contributed by atoms with E-state index in [9.17, 15) is 4.79 Å². The van der Waals surface area contributed by atoms with E-state index in [1.165, 1.54) is 9.71 Å². The van der Waals surface area contributed by atoms with Crippen LogP contribution in [0.2, 0.25) is 0 Å². The minimum Gasteiger partial charge on any atom is -0.294 e. The van der Waals surface area contributed by atoms with E-state index < -0.39 is 0 Å². The SMILES string of the molecule is O=C1c2cccc3cccc(c23)N1CN1CCCC1c1nc2ccccc2s1. The van der Waals surface area contributed by atoms with Crippen LogP contribution in [0.3, 0.4) is 0 Å². The maximum absolute atomic E-state index is 13.1. The molecule has 0 radical (unpaired) electrons. The molecule has 138 valence electrons. The maximum Gasteiger partial charge on any atom is 0.260 e. The second kappa shape index (κ2) is 6.12. The summed E-state index contributed by atoms with van der Waals surface area (Å²) < 4.78 is 1.23. The molecule has 1 unspecified atom stereocenters. The van der Waals surface area contributed by atoms with Crippen LogP contribution in [0, 0.1) is 0 Å². The Morgan fingerprint density at radius 1 is 1.04 bits per heavy atom. The number of carbonyl (C=O) groups excluding carboxylic acids is 1. The molecule has 0 N–H and O–H groups in total. The normalized spacial score (nSPS) is 19.4. The molecule has 1 atom stereocenters. The van der Waals surface area contributed by atoms with Crippen LogP contribution in [0.4, 0.5) is 5.69 Å². The Balaban J connectivity index is 1.35. The Labute approximate surface area is 167 Å². The number of carbonyl (C=O) groups is 1. The van der Waals surface area contributed by atoms with E-state index in [2.05, 4.69) is 41.3 Å². The number of hydrogen-bond donors (Lipinski definition) is 0. The van der Waals surface area contributed by atoms with Crippen LogP contribution >= 0.6 is 11.3 Å². The molecule has 1 aromatic heterocycles. The van der Waals surface area contributed by atoms with Crippen LogP contribution < -0.4 is 4.90 Å². The lowest BCUT2D eigenvalue weighted by Gasteiger charge is -2.28. The molecule has 2 aliphatic rings. The lowest BCUT2D eigenvalue weighted by Crippen LogP contribution is -2.39. The number of likely N-dealkylation sites (tertiary alicyclic amines) is 1. The molecule has 1 saturated heterocycles. The van der Waals surface area contributed by atoms with Gasteiger partial charge in [-0.05, 0) is 42.5 Å². The summed E-state index contributed by atoms with van der Waals surface area (Å²) in [5.41, 5.74) is 2.93. The fourth-order valence-corrected chi connectivity index (χ4v) is 5.75. The highest BCUT2D eigenvalue weighted by Gasteiger charge is 2.35. The zero-order chi connectivity index (χ0) is 18.7. The summed E-state index contributed by atoms with van der Waals surface area (Å²) >= 11 is 1.78. The number of anilines is 1. The summed E-state index contributed by atoms with van der Waals surface area (Å²) in [6.07, 6.45) is 2.23. The summed E-state index contributed by atoms with van der Waals surface area (Å²) in [5.74, 6) is 0.113. The fraction of sp³-hybridized carbons (Fsp3) is 0.217. The molecule has 0 spiro atoms. The number of rotatable bonds is 3. The smallest absolute Gasteiger partial charge is 0.260 e. The van der Waals surface area contributed by atoms with E-state index in [0.29, 0.717) is 6.67 Å². The van der Waals surface area contributed by atoms with Crippen molar-refractivity contribution >= 4 is 43.9 Å². The van der Waals surface area contributed by atoms with Gasteiger partial charge in [-0.25, -0.2) is 4.98 Å². The highest BCUT2D eigenvalue weighted by Crippen LogP contribution is 2.40. The predicted molar refractivity (Wildman–Crippen MR) is 114 cm³/mol. The van der Waals surface area contributed by atoms with Gasteiger partial charge in [-0.3, -0.25) is 14.6 Å². The molecule has 0 saturated carbocycles. The molecule has 3 aromatic carbocycles. The molecule has 1 fully saturated rings. The van der Waals surface area contributed by atoms with Crippen molar-refractivity contribution < 1.29 is 4.79 Å². The third-order valence-corrected chi connectivity index (χ3v) is 7.07. The molecule has 5 heteroatoms. The Kier molecular flexibility index (Phi) is 3.55. The number of para-hydroxylation sites is 1. The lowest BCUT2D eigenvalue weighted by molar-refractivity contribution is 0.0971. The summed E-state index contributed by atoms with van der Waals surface area (Å²) in [6.45, 7) is 1.61. The lowest BCUT2D eigenvalue weighted by atomic mass is 10.1. The number of nitrogens with zero attached hydrogens (tertiary/aromatic N) is 3. The first-order chi connectivity index (χ1) is 13.8. The second-order valence-corrected chi connectivity index (χ2v) is 8.61. The Morgan fingerprint density at radius 3 is 2.79 bits per heavy atom. The zero-order valence-corrected chi connectivity index (χ0v) is 16.2. The molecule has 1 amide bonds. The molecule has 28 heavy (non-hydrogen) atoms. The zero-order valence-electron chi connectivity index (χ0n) is 15.3. The Bertz CT molecular complexity index is 1190. The van der Waals surface area contributed by atoms with Gasteiger partial charge in [-0.1, -0.05) is 36.4 Å². The van der Waals surface area contributed by atoms with Crippen molar-refractivity contribution in [3.8, 4) is 0 Å². The van der Waals surface area contributed by atoms with E-state index in [-0.39, 0.29) is 11.9 Å². The van der Waals surface area contributed by atoms with Gasteiger partial charge >= 0.3 is 0 Å². The molecule has 4 nitrogen and oxygen atoms in total. The van der Waals surface area contributed by atoms with Crippen molar-refractivity contribution in [3.63, 3.8) is 0 Å². The van der Waals surface area contributed by atoms with Gasteiger partial charge in [0.1, 0.15) is 5.01 Å². The monoisotopic (exact) mass is 385 g/mol. The first-order valence-electron chi connectivity index (χ1n) is 9.73. The highest BCUT2D eigenvalue weighted by molar-refractivity contribution is 7.18. The summed E-state index contributed by atoms with van der Waals surface area (Å²) in [5, 5.41) is 3.39. The van der Waals surface area contributed by atoms with Crippen LogP contribution in [-0.4, -0.2) is 29.0 Å². The molecule has 6 rings (SSSR count). The van der Waals surface area contributed by atoms with E-state index in [1.807, 2.05) is 29.2 Å². The van der Waals surface area contributed by atoms with Crippen LogP contribution in [0.25, 0.3) is 21.0 Å². The van der Waals surface area contributed by atoms with Crippen LogP contribution in [0.1, 0.15) is 34.2 Å². The quantitative estimate of drug-likeness (QED) is 0.486. The van der Waals surface area contributed by atoms with Gasteiger partial charge in [-0.15, -0.1) is 11.3 Å². The van der Waals surface area contributed by atoms with E-state index in [0.717, 1.165) is 46.9 Å². The molecular weight excluding hydrogens is 366 g/mol. The average Bonchev–Trinajstić information content (AvgIpc) is 3.42. The number of amides is 1. The van der Waals surface area contributed by atoms with Crippen molar-refractivity contribution in [1.82, 2.24) is 9.88 Å². The first-order valence-corrected chi connectivity index (χ1v) is 10.5. The topological polar surface area (TPSA) is 36.4 Å². The van der Waals surface area contributed by atoms with Gasteiger partial charge in [0.2, 0.25) is 0 Å². The van der Waals surface area contributed by atoms with Crippen molar-refractivity contribution in [1.29, 1.82) is 0 Å². The van der Waals surface area contributed by atoms with Gasteiger partial charge in [0.05, 0.1) is 28.6 Å².